The Kier molecular flexibility index (Phi) is 2.86. The number of aryl methyl sites for hydroxylation is 1. The molecule has 0 atom stereocenters. The molecule has 0 saturated heterocycles. The molecule has 0 amide bonds. The summed E-state index contributed by atoms with van der Waals surface area (Å²) in [6, 6.07) is 3.04. The van der Waals surface area contributed by atoms with Crippen LogP contribution < -0.4 is 0 Å². The van der Waals surface area contributed by atoms with Crippen LogP contribution in [0.4, 0.5) is 8.78 Å². The van der Waals surface area contributed by atoms with E-state index < -0.39 is 17.6 Å². The normalized spacial score (nSPS) is 10.7. The van der Waals surface area contributed by atoms with Gasteiger partial charge in [0.05, 0.1) is 11.4 Å². The summed E-state index contributed by atoms with van der Waals surface area (Å²) in [5, 5.41) is 13.0. The summed E-state index contributed by atoms with van der Waals surface area (Å²) in [6.07, 6.45) is 0. The minimum atomic E-state index is -1.13. The molecule has 1 aromatic carbocycles. The molecule has 94 valence electrons. The predicted molar refractivity (Wildman–Crippen MR) is 59.9 cm³/mol. The van der Waals surface area contributed by atoms with Gasteiger partial charge >= 0.3 is 5.97 Å². The quantitative estimate of drug-likeness (QED) is 0.893. The number of hydrogen-bond acceptors (Lipinski definition) is 2. The maximum absolute atomic E-state index is 13.6. The SMILES string of the molecule is Cc1nn(-c2ccc(F)cc2F)c(C)c1C(=O)O. The molecule has 18 heavy (non-hydrogen) atoms. The molecule has 4 nitrogen and oxygen atoms in total. The lowest BCUT2D eigenvalue weighted by Crippen LogP contribution is -2.04. The summed E-state index contributed by atoms with van der Waals surface area (Å²) in [5.41, 5.74) is 0.623. The summed E-state index contributed by atoms with van der Waals surface area (Å²) < 4.78 is 27.6. The molecule has 0 aliphatic rings. The van der Waals surface area contributed by atoms with Gasteiger partial charge in [-0.25, -0.2) is 18.3 Å². The lowest BCUT2D eigenvalue weighted by atomic mass is 10.2. The summed E-state index contributed by atoms with van der Waals surface area (Å²) in [6.45, 7) is 3.04. The highest BCUT2D eigenvalue weighted by molar-refractivity contribution is 5.90. The van der Waals surface area contributed by atoms with E-state index in [1.54, 1.807) is 0 Å². The van der Waals surface area contributed by atoms with Crippen molar-refractivity contribution in [3.63, 3.8) is 0 Å². The van der Waals surface area contributed by atoms with Crippen LogP contribution in [0.1, 0.15) is 21.7 Å². The Morgan fingerprint density at radius 2 is 2.00 bits per heavy atom. The maximum atomic E-state index is 13.6. The summed E-state index contributed by atoms with van der Waals surface area (Å²) in [4.78, 5) is 11.0. The number of rotatable bonds is 2. The lowest BCUT2D eigenvalue weighted by molar-refractivity contribution is 0.0695. The monoisotopic (exact) mass is 252 g/mol. The summed E-state index contributed by atoms with van der Waals surface area (Å²) in [7, 11) is 0. The van der Waals surface area contributed by atoms with Crippen LogP contribution in [-0.2, 0) is 0 Å². The average molecular weight is 252 g/mol. The van der Waals surface area contributed by atoms with Gasteiger partial charge in [-0.3, -0.25) is 0 Å². The van der Waals surface area contributed by atoms with Gasteiger partial charge in [-0.15, -0.1) is 0 Å². The highest BCUT2D eigenvalue weighted by atomic mass is 19.1. The summed E-state index contributed by atoms with van der Waals surface area (Å²) in [5.74, 6) is -2.62. The van der Waals surface area contributed by atoms with Gasteiger partial charge in [0.2, 0.25) is 0 Å². The molecule has 0 spiro atoms. The van der Waals surface area contributed by atoms with Crippen molar-refractivity contribution in [1.29, 1.82) is 0 Å². The van der Waals surface area contributed by atoms with Gasteiger partial charge in [0.1, 0.15) is 17.1 Å². The molecular formula is C12H10F2N2O2. The Bertz CT molecular complexity index is 635. The van der Waals surface area contributed by atoms with E-state index in [4.69, 9.17) is 5.11 Å². The predicted octanol–water partition coefficient (Wildman–Crippen LogP) is 2.47. The van der Waals surface area contributed by atoms with Gasteiger partial charge in [-0.1, -0.05) is 0 Å². The fraction of sp³-hybridized carbons (Fsp3) is 0.167. The molecule has 2 rings (SSSR count). The molecule has 0 fully saturated rings. The second kappa shape index (κ2) is 4.21. The van der Waals surface area contributed by atoms with E-state index in [-0.39, 0.29) is 16.9 Å². The first kappa shape index (κ1) is 12.2. The highest BCUT2D eigenvalue weighted by Gasteiger charge is 2.20. The van der Waals surface area contributed by atoms with Crippen molar-refractivity contribution in [1.82, 2.24) is 9.78 Å². The van der Waals surface area contributed by atoms with Gasteiger partial charge in [0, 0.05) is 6.07 Å². The third kappa shape index (κ3) is 1.85. The third-order valence-electron chi connectivity index (χ3n) is 2.64. The largest absolute Gasteiger partial charge is 0.478 e. The molecule has 0 aliphatic heterocycles. The molecule has 1 heterocycles. The van der Waals surface area contributed by atoms with Crippen LogP contribution in [0.5, 0.6) is 0 Å². The van der Waals surface area contributed by atoms with Crippen molar-refractivity contribution >= 4 is 5.97 Å². The topological polar surface area (TPSA) is 55.1 Å². The molecular weight excluding hydrogens is 242 g/mol. The summed E-state index contributed by atoms with van der Waals surface area (Å²) >= 11 is 0. The second-order valence-electron chi connectivity index (χ2n) is 3.86. The number of benzene rings is 1. The number of halogens is 2. The van der Waals surface area contributed by atoms with Crippen molar-refractivity contribution in [2.45, 2.75) is 13.8 Å². The van der Waals surface area contributed by atoms with Gasteiger partial charge in [-0.05, 0) is 26.0 Å². The Morgan fingerprint density at radius 1 is 1.33 bits per heavy atom. The van der Waals surface area contributed by atoms with Crippen LogP contribution in [0.2, 0.25) is 0 Å². The zero-order chi connectivity index (χ0) is 13.4. The fourth-order valence-electron chi connectivity index (χ4n) is 1.84. The molecule has 0 unspecified atom stereocenters. The van der Waals surface area contributed by atoms with Crippen LogP contribution in [-0.4, -0.2) is 20.9 Å². The van der Waals surface area contributed by atoms with E-state index in [0.29, 0.717) is 5.69 Å². The van der Waals surface area contributed by atoms with Crippen molar-refractivity contribution in [2.24, 2.45) is 0 Å². The zero-order valence-electron chi connectivity index (χ0n) is 9.74. The van der Waals surface area contributed by atoms with E-state index in [0.717, 1.165) is 16.8 Å². The highest BCUT2D eigenvalue weighted by Crippen LogP contribution is 2.20. The zero-order valence-corrected chi connectivity index (χ0v) is 9.74. The first-order valence-electron chi connectivity index (χ1n) is 5.16. The first-order chi connectivity index (χ1) is 8.41. The van der Waals surface area contributed by atoms with Crippen molar-refractivity contribution in [3.05, 3.63) is 46.8 Å². The van der Waals surface area contributed by atoms with E-state index in [9.17, 15) is 13.6 Å². The fourth-order valence-corrected chi connectivity index (χ4v) is 1.84. The first-order valence-corrected chi connectivity index (χ1v) is 5.16. The number of carboxylic acid groups (broad SMARTS) is 1. The van der Waals surface area contributed by atoms with Gasteiger partial charge < -0.3 is 5.11 Å². The smallest absolute Gasteiger partial charge is 0.339 e. The molecule has 2 aromatic rings. The minimum absolute atomic E-state index is 0.0181. The Labute approximate surface area is 101 Å². The van der Waals surface area contributed by atoms with Crippen LogP contribution in [0.15, 0.2) is 18.2 Å². The molecule has 6 heteroatoms. The van der Waals surface area contributed by atoms with Gasteiger partial charge in [-0.2, -0.15) is 5.10 Å². The van der Waals surface area contributed by atoms with E-state index in [2.05, 4.69) is 5.10 Å². The van der Waals surface area contributed by atoms with Crippen LogP contribution in [0.3, 0.4) is 0 Å². The van der Waals surface area contributed by atoms with E-state index >= 15 is 0 Å². The second-order valence-corrected chi connectivity index (χ2v) is 3.86. The van der Waals surface area contributed by atoms with Crippen molar-refractivity contribution in [2.75, 3.05) is 0 Å². The minimum Gasteiger partial charge on any atom is -0.478 e. The Balaban J connectivity index is 2.65. The van der Waals surface area contributed by atoms with Crippen LogP contribution in [0.25, 0.3) is 5.69 Å². The Hall–Kier alpha value is -2.24. The number of carbonyl (C=O) groups is 1. The number of aromatic carboxylic acids is 1. The number of carboxylic acids is 1. The third-order valence-corrected chi connectivity index (χ3v) is 2.64. The number of hydrogen-bond donors (Lipinski definition) is 1. The van der Waals surface area contributed by atoms with Crippen molar-refractivity contribution in [3.8, 4) is 5.69 Å². The standard InChI is InChI=1S/C12H10F2N2O2/c1-6-11(12(17)18)7(2)16(15-6)10-4-3-8(13)5-9(10)14/h3-5H,1-2H3,(H,17,18). The molecule has 0 saturated carbocycles. The maximum Gasteiger partial charge on any atom is 0.339 e. The van der Waals surface area contributed by atoms with Crippen molar-refractivity contribution < 1.29 is 18.7 Å². The molecule has 1 N–H and O–H groups in total. The lowest BCUT2D eigenvalue weighted by Gasteiger charge is -2.05. The molecule has 1 aromatic heterocycles. The Morgan fingerprint density at radius 3 is 2.50 bits per heavy atom. The van der Waals surface area contributed by atoms with E-state index in [1.165, 1.54) is 19.9 Å². The average Bonchev–Trinajstić information content (AvgIpc) is 2.54. The van der Waals surface area contributed by atoms with Gasteiger partial charge in [0.25, 0.3) is 0 Å². The molecule has 0 aliphatic carbocycles. The molecule has 0 bridgehead atoms. The van der Waals surface area contributed by atoms with Crippen LogP contribution >= 0.6 is 0 Å². The molecule has 0 radical (unpaired) electrons. The number of nitrogens with zero attached hydrogens (tertiary/aromatic N) is 2. The van der Waals surface area contributed by atoms with Gasteiger partial charge in [0.15, 0.2) is 5.82 Å². The van der Waals surface area contributed by atoms with E-state index in [1.807, 2.05) is 0 Å². The number of aromatic nitrogens is 2. The van der Waals surface area contributed by atoms with Crippen LogP contribution in [0, 0.1) is 25.5 Å².